The molecule has 0 amide bonds. The Kier molecular flexibility index (Phi) is 4.60. The van der Waals surface area contributed by atoms with Gasteiger partial charge in [-0.15, -0.1) is 16.2 Å². The molecule has 0 aliphatic carbocycles. The SMILES string of the molecule is O=S(=O)(NNc1c(Cl)cc(Cl)cc1Cl)c1cccs1. The lowest BCUT2D eigenvalue weighted by atomic mass is 10.3. The topological polar surface area (TPSA) is 58.2 Å². The van der Waals surface area contributed by atoms with Gasteiger partial charge in [0.15, 0.2) is 0 Å². The van der Waals surface area contributed by atoms with Crippen molar-refractivity contribution in [3.05, 3.63) is 44.7 Å². The molecule has 2 aromatic rings. The number of sulfonamides is 1. The largest absolute Gasteiger partial charge is 0.305 e. The van der Waals surface area contributed by atoms with E-state index in [1.807, 2.05) is 0 Å². The van der Waals surface area contributed by atoms with E-state index in [1.54, 1.807) is 11.4 Å². The molecule has 0 bridgehead atoms. The summed E-state index contributed by atoms with van der Waals surface area (Å²) in [5.41, 5.74) is 2.73. The fourth-order valence-corrected chi connectivity index (χ4v) is 4.00. The molecule has 1 aromatic heterocycles. The van der Waals surface area contributed by atoms with Gasteiger partial charge in [0.2, 0.25) is 0 Å². The first-order valence-electron chi connectivity index (χ1n) is 4.86. The fraction of sp³-hybridized carbons (Fsp3) is 0. The minimum absolute atomic E-state index is 0.182. The summed E-state index contributed by atoms with van der Waals surface area (Å²) >= 11 is 18.7. The molecule has 1 heterocycles. The summed E-state index contributed by atoms with van der Waals surface area (Å²) in [4.78, 5) is 2.20. The summed E-state index contributed by atoms with van der Waals surface area (Å²) in [6, 6.07) is 6.04. The Morgan fingerprint density at radius 2 is 1.74 bits per heavy atom. The van der Waals surface area contributed by atoms with Gasteiger partial charge in [0.05, 0.1) is 15.7 Å². The van der Waals surface area contributed by atoms with E-state index in [1.165, 1.54) is 18.2 Å². The maximum atomic E-state index is 11.9. The van der Waals surface area contributed by atoms with Crippen molar-refractivity contribution >= 4 is 61.9 Å². The molecular formula is C10H7Cl3N2O2S2. The highest BCUT2D eigenvalue weighted by molar-refractivity contribution is 7.91. The predicted molar refractivity (Wildman–Crippen MR) is 79.7 cm³/mol. The van der Waals surface area contributed by atoms with E-state index in [0.717, 1.165) is 11.3 Å². The van der Waals surface area contributed by atoms with E-state index < -0.39 is 10.0 Å². The van der Waals surface area contributed by atoms with Crippen molar-refractivity contribution in [3.63, 3.8) is 0 Å². The highest BCUT2D eigenvalue weighted by Gasteiger charge is 2.16. The fourth-order valence-electron chi connectivity index (χ4n) is 1.25. The van der Waals surface area contributed by atoms with Crippen LogP contribution in [-0.4, -0.2) is 8.42 Å². The molecule has 0 aliphatic rings. The summed E-state index contributed by atoms with van der Waals surface area (Å²) in [7, 11) is -3.65. The average molecular weight is 358 g/mol. The Hall–Kier alpha value is -0.500. The number of halogens is 3. The summed E-state index contributed by atoms with van der Waals surface area (Å²) in [6.45, 7) is 0. The Morgan fingerprint density at radius 3 is 2.26 bits per heavy atom. The van der Waals surface area contributed by atoms with Crippen LogP contribution in [0.5, 0.6) is 0 Å². The van der Waals surface area contributed by atoms with Gasteiger partial charge < -0.3 is 5.43 Å². The number of rotatable bonds is 4. The Bertz CT molecular complexity index is 664. The zero-order valence-corrected chi connectivity index (χ0v) is 13.1. The average Bonchev–Trinajstić information content (AvgIpc) is 2.81. The lowest BCUT2D eigenvalue weighted by molar-refractivity contribution is 0.590. The van der Waals surface area contributed by atoms with Gasteiger partial charge in [-0.2, -0.15) is 0 Å². The molecule has 102 valence electrons. The molecule has 0 spiro atoms. The van der Waals surface area contributed by atoms with Gasteiger partial charge in [0.1, 0.15) is 4.21 Å². The summed E-state index contributed by atoms with van der Waals surface area (Å²) in [5, 5.41) is 2.45. The van der Waals surface area contributed by atoms with Gasteiger partial charge in [-0.05, 0) is 23.6 Å². The first kappa shape index (κ1) is 14.9. The Labute approximate surface area is 129 Å². The highest BCUT2D eigenvalue weighted by atomic mass is 35.5. The number of nitrogens with one attached hydrogen (secondary N) is 2. The molecular weight excluding hydrogens is 351 g/mol. The van der Waals surface area contributed by atoms with Crippen LogP contribution < -0.4 is 10.3 Å². The van der Waals surface area contributed by atoms with Crippen molar-refractivity contribution in [2.45, 2.75) is 4.21 Å². The predicted octanol–water partition coefficient (Wildman–Crippen LogP) is 4.01. The first-order valence-corrected chi connectivity index (χ1v) is 8.36. The molecule has 0 unspecified atom stereocenters. The third kappa shape index (κ3) is 3.53. The Morgan fingerprint density at radius 1 is 1.11 bits per heavy atom. The van der Waals surface area contributed by atoms with Crippen LogP contribution in [0.1, 0.15) is 0 Å². The zero-order chi connectivity index (χ0) is 14.0. The van der Waals surface area contributed by atoms with Crippen molar-refractivity contribution < 1.29 is 8.42 Å². The van der Waals surface area contributed by atoms with Gasteiger partial charge in [-0.25, -0.2) is 8.42 Å². The van der Waals surface area contributed by atoms with Crippen molar-refractivity contribution in [2.75, 3.05) is 5.43 Å². The smallest absolute Gasteiger partial charge is 0.266 e. The highest BCUT2D eigenvalue weighted by Crippen LogP contribution is 2.33. The third-order valence-corrected chi connectivity index (χ3v) is 5.54. The molecule has 0 aliphatic heterocycles. The number of thiophene rings is 1. The van der Waals surface area contributed by atoms with Crippen LogP contribution in [0.15, 0.2) is 33.9 Å². The van der Waals surface area contributed by atoms with Crippen LogP contribution in [0, 0.1) is 0 Å². The molecule has 1 aromatic carbocycles. The van der Waals surface area contributed by atoms with Crippen molar-refractivity contribution in [1.82, 2.24) is 4.83 Å². The molecule has 0 fully saturated rings. The van der Waals surface area contributed by atoms with Crippen LogP contribution >= 0.6 is 46.1 Å². The van der Waals surface area contributed by atoms with Crippen molar-refractivity contribution in [3.8, 4) is 0 Å². The normalized spacial score (nSPS) is 11.5. The van der Waals surface area contributed by atoms with E-state index in [9.17, 15) is 8.42 Å². The van der Waals surface area contributed by atoms with Crippen LogP contribution in [-0.2, 0) is 10.0 Å². The second-order valence-electron chi connectivity index (χ2n) is 3.41. The van der Waals surface area contributed by atoms with Gasteiger partial charge >= 0.3 is 0 Å². The summed E-state index contributed by atoms with van der Waals surface area (Å²) in [6.07, 6.45) is 0. The number of hydrogen-bond donors (Lipinski definition) is 2. The molecule has 2 rings (SSSR count). The second kappa shape index (κ2) is 5.87. The summed E-state index contributed by atoms with van der Waals surface area (Å²) in [5.74, 6) is 0. The third-order valence-electron chi connectivity index (χ3n) is 2.08. The lowest BCUT2D eigenvalue weighted by Gasteiger charge is -2.11. The standard InChI is InChI=1S/C10H7Cl3N2O2S2/c11-6-4-7(12)10(8(13)5-6)14-15-19(16,17)9-2-1-3-18-9/h1-5,14-15H. The van der Waals surface area contributed by atoms with Crippen molar-refractivity contribution in [2.24, 2.45) is 0 Å². The number of benzene rings is 1. The maximum absolute atomic E-state index is 11.9. The van der Waals surface area contributed by atoms with E-state index in [-0.39, 0.29) is 19.9 Å². The van der Waals surface area contributed by atoms with Gasteiger partial charge in [0.25, 0.3) is 10.0 Å². The minimum Gasteiger partial charge on any atom is -0.305 e. The van der Waals surface area contributed by atoms with Crippen LogP contribution in [0.2, 0.25) is 15.1 Å². The molecule has 2 N–H and O–H groups in total. The number of anilines is 1. The van der Waals surface area contributed by atoms with Crippen LogP contribution in [0.3, 0.4) is 0 Å². The summed E-state index contributed by atoms with van der Waals surface area (Å²) < 4.78 is 23.9. The lowest BCUT2D eigenvalue weighted by Crippen LogP contribution is -2.29. The van der Waals surface area contributed by atoms with Gasteiger partial charge in [-0.3, -0.25) is 0 Å². The second-order valence-corrected chi connectivity index (χ2v) is 7.51. The number of hydrogen-bond acceptors (Lipinski definition) is 4. The van der Waals surface area contributed by atoms with E-state index >= 15 is 0 Å². The molecule has 0 atom stereocenters. The zero-order valence-electron chi connectivity index (χ0n) is 9.15. The molecule has 19 heavy (non-hydrogen) atoms. The molecule has 9 heteroatoms. The Balaban J connectivity index is 2.20. The molecule has 0 saturated carbocycles. The maximum Gasteiger partial charge on any atom is 0.266 e. The van der Waals surface area contributed by atoms with Gasteiger partial charge in [-0.1, -0.05) is 40.9 Å². The van der Waals surface area contributed by atoms with Crippen molar-refractivity contribution in [1.29, 1.82) is 0 Å². The minimum atomic E-state index is -3.65. The van der Waals surface area contributed by atoms with Gasteiger partial charge in [0, 0.05) is 5.02 Å². The van der Waals surface area contributed by atoms with E-state index in [0.29, 0.717) is 5.02 Å². The molecule has 0 saturated heterocycles. The molecule has 4 nitrogen and oxygen atoms in total. The van der Waals surface area contributed by atoms with E-state index in [2.05, 4.69) is 10.3 Å². The quantitative estimate of drug-likeness (QED) is 0.813. The van der Waals surface area contributed by atoms with Crippen LogP contribution in [0.25, 0.3) is 0 Å². The number of hydrazine groups is 1. The van der Waals surface area contributed by atoms with E-state index in [4.69, 9.17) is 34.8 Å². The molecule has 0 radical (unpaired) electrons. The van der Waals surface area contributed by atoms with Crippen LogP contribution in [0.4, 0.5) is 5.69 Å². The monoisotopic (exact) mass is 356 g/mol. The first-order chi connectivity index (χ1) is 8.90.